The van der Waals surface area contributed by atoms with Crippen LogP contribution >= 0.6 is 0 Å². The Balaban J connectivity index is 2.38. The summed E-state index contributed by atoms with van der Waals surface area (Å²) in [6.45, 7) is 3.30. The van der Waals surface area contributed by atoms with Crippen molar-refractivity contribution in [2.75, 3.05) is 13.2 Å². The van der Waals surface area contributed by atoms with E-state index in [-0.39, 0.29) is 11.7 Å². The highest BCUT2D eigenvalue weighted by Gasteiger charge is 2.18. The molecule has 62 valence electrons. The summed E-state index contributed by atoms with van der Waals surface area (Å²) in [6.07, 6.45) is 5.44. The lowest BCUT2D eigenvalue weighted by Gasteiger charge is -2.19. The van der Waals surface area contributed by atoms with Gasteiger partial charge in [-0.3, -0.25) is 4.79 Å². The van der Waals surface area contributed by atoms with Gasteiger partial charge >= 0.3 is 0 Å². The maximum Gasteiger partial charge on any atom is 0.160 e. The highest BCUT2D eigenvalue weighted by molar-refractivity contribution is 5.91. The molecule has 2 nitrogen and oxygen atoms in total. The fourth-order valence-corrected chi connectivity index (χ4v) is 1.27. The fourth-order valence-electron chi connectivity index (χ4n) is 1.27. The lowest BCUT2D eigenvalue weighted by atomic mass is 9.97. The molecule has 1 aliphatic heterocycles. The zero-order chi connectivity index (χ0) is 8.10. The van der Waals surface area contributed by atoms with Gasteiger partial charge in [0, 0.05) is 12.5 Å². The average Bonchev–Trinajstić information content (AvgIpc) is 2.07. The minimum Gasteiger partial charge on any atom is -0.381 e. The average molecular weight is 154 g/mol. The molecule has 0 spiro atoms. The van der Waals surface area contributed by atoms with E-state index in [2.05, 4.69) is 0 Å². The number of allylic oxidation sites excluding steroid dienone is 2. The lowest BCUT2D eigenvalue weighted by Crippen LogP contribution is -2.23. The Morgan fingerprint density at radius 2 is 2.45 bits per heavy atom. The first-order chi connectivity index (χ1) is 5.34. The molecule has 0 saturated carbocycles. The second kappa shape index (κ2) is 4.29. The molecule has 0 radical (unpaired) electrons. The van der Waals surface area contributed by atoms with Gasteiger partial charge in [-0.05, 0) is 25.8 Å². The van der Waals surface area contributed by atoms with E-state index in [4.69, 9.17) is 4.74 Å². The molecular formula is C9H14O2. The first-order valence-corrected chi connectivity index (χ1v) is 4.09. The molecule has 1 unspecified atom stereocenters. The minimum absolute atomic E-state index is 0.125. The van der Waals surface area contributed by atoms with Gasteiger partial charge in [0.05, 0.1) is 6.61 Å². The van der Waals surface area contributed by atoms with Crippen LogP contribution in [0.1, 0.15) is 19.8 Å². The number of carbonyl (C=O) groups excluding carboxylic acids is 1. The predicted molar refractivity (Wildman–Crippen MR) is 43.4 cm³/mol. The van der Waals surface area contributed by atoms with Crippen LogP contribution in [0, 0.1) is 5.92 Å². The summed E-state index contributed by atoms with van der Waals surface area (Å²) in [5.74, 6) is 0.340. The molecule has 0 aromatic carbocycles. The van der Waals surface area contributed by atoms with Gasteiger partial charge in [0.15, 0.2) is 5.78 Å². The summed E-state index contributed by atoms with van der Waals surface area (Å²) < 4.78 is 5.19. The third-order valence-electron chi connectivity index (χ3n) is 1.89. The number of hydrogen-bond acceptors (Lipinski definition) is 2. The summed E-state index contributed by atoms with van der Waals surface area (Å²) >= 11 is 0. The standard InChI is InChI=1S/C9H14O2/c1-2-4-9(10)8-5-3-6-11-7-8/h2,4,8H,3,5-7H2,1H3/b4-2+. The number of ether oxygens (including phenoxy) is 1. The number of carbonyl (C=O) groups is 1. The van der Waals surface area contributed by atoms with Gasteiger partial charge < -0.3 is 4.74 Å². The molecule has 0 aromatic rings. The van der Waals surface area contributed by atoms with Gasteiger partial charge in [-0.15, -0.1) is 0 Å². The highest BCUT2D eigenvalue weighted by Crippen LogP contribution is 2.14. The molecular weight excluding hydrogens is 140 g/mol. The zero-order valence-electron chi connectivity index (χ0n) is 6.88. The maximum absolute atomic E-state index is 11.2. The molecule has 2 heteroatoms. The van der Waals surface area contributed by atoms with Gasteiger partial charge in [-0.1, -0.05) is 6.08 Å². The molecule has 0 N–H and O–H groups in total. The molecule has 0 aromatic heterocycles. The molecule has 0 aliphatic carbocycles. The van der Waals surface area contributed by atoms with Crippen molar-refractivity contribution in [3.8, 4) is 0 Å². The SMILES string of the molecule is C/C=C/C(=O)C1CCCOC1. The van der Waals surface area contributed by atoms with Crippen molar-refractivity contribution in [1.82, 2.24) is 0 Å². The van der Waals surface area contributed by atoms with Crippen LogP contribution in [0.2, 0.25) is 0 Å². The number of hydrogen-bond donors (Lipinski definition) is 0. The summed E-state index contributed by atoms with van der Waals surface area (Å²) in [5.41, 5.74) is 0. The second-order valence-electron chi connectivity index (χ2n) is 2.82. The molecule has 0 amide bonds. The van der Waals surface area contributed by atoms with E-state index in [0.29, 0.717) is 6.61 Å². The molecule has 0 bridgehead atoms. The third kappa shape index (κ3) is 2.46. The maximum atomic E-state index is 11.2. The Kier molecular flexibility index (Phi) is 3.30. The largest absolute Gasteiger partial charge is 0.381 e. The molecule has 1 aliphatic rings. The highest BCUT2D eigenvalue weighted by atomic mass is 16.5. The van der Waals surface area contributed by atoms with Crippen molar-refractivity contribution in [2.45, 2.75) is 19.8 Å². The van der Waals surface area contributed by atoms with E-state index in [0.717, 1.165) is 19.4 Å². The summed E-state index contributed by atoms with van der Waals surface area (Å²) in [7, 11) is 0. The van der Waals surface area contributed by atoms with Gasteiger partial charge in [0.2, 0.25) is 0 Å². The van der Waals surface area contributed by atoms with Gasteiger partial charge in [-0.25, -0.2) is 0 Å². The van der Waals surface area contributed by atoms with E-state index in [1.54, 1.807) is 12.2 Å². The van der Waals surface area contributed by atoms with Gasteiger partial charge in [0.1, 0.15) is 0 Å². The number of ketones is 1. The van der Waals surface area contributed by atoms with E-state index in [9.17, 15) is 4.79 Å². The van der Waals surface area contributed by atoms with E-state index < -0.39 is 0 Å². The van der Waals surface area contributed by atoms with E-state index >= 15 is 0 Å². The van der Waals surface area contributed by atoms with Crippen molar-refractivity contribution in [1.29, 1.82) is 0 Å². The van der Waals surface area contributed by atoms with Crippen LogP contribution in [0.15, 0.2) is 12.2 Å². The van der Waals surface area contributed by atoms with Crippen LogP contribution in [-0.2, 0) is 9.53 Å². The van der Waals surface area contributed by atoms with Crippen molar-refractivity contribution >= 4 is 5.78 Å². The van der Waals surface area contributed by atoms with Crippen LogP contribution in [0.4, 0.5) is 0 Å². The van der Waals surface area contributed by atoms with Crippen molar-refractivity contribution in [2.24, 2.45) is 5.92 Å². The Labute approximate surface area is 67.2 Å². The Morgan fingerprint density at radius 3 is 3.00 bits per heavy atom. The fraction of sp³-hybridized carbons (Fsp3) is 0.667. The van der Waals surface area contributed by atoms with E-state index in [1.807, 2.05) is 6.92 Å². The Hall–Kier alpha value is -0.630. The predicted octanol–water partition coefficient (Wildman–Crippen LogP) is 1.56. The Morgan fingerprint density at radius 1 is 1.64 bits per heavy atom. The molecule has 1 heterocycles. The van der Waals surface area contributed by atoms with E-state index in [1.165, 1.54) is 0 Å². The third-order valence-corrected chi connectivity index (χ3v) is 1.89. The monoisotopic (exact) mass is 154 g/mol. The van der Waals surface area contributed by atoms with Crippen LogP contribution in [-0.4, -0.2) is 19.0 Å². The number of rotatable bonds is 2. The molecule has 1 atom stereocenters. The first kappa shape index (κ1) is 8.47. The van der Waals surface area contributed by atoms with Gasteiger partial charge in [-0.2, -0.15) is 0 Å². The minimum atomic E-state index is 0.125. The lowest BCUT2D eigenvalue weighted by molar-refractivity contribution is -0.121. The van der Waals surface area contributed by atoms with Crippen LogP contribution < -0.4 is 0 Å². The van der Waals surface area contributed by atoms with Crippen molar-refractivity contribution in [3.05, 3.63) is 12.2 Å². The second-order valence-corrected chi connectivity index (χ2v) is 2.82. The van der Waals surface area contributed by atoms with Crippen molar-refractivity contribution < 1.29 is 9.53 Å². The normalized spacial score (nSPS) is 25.7. The Bertz CT molecular complexity index is 155. The van der Waals surface area contributed by atoms with Gasteiger partial charge in [0.25, 0.3) is 0 Å². The van der Waals surface area contributed by atoms with Crippen molar-refractivity contribution in [3.63, 3.8) is 0 Å². The van der Waals surface area contributed by atoms with Crippen LogP contribution in [0.25, 0.3) is 0 Å². The topological polar surface area (TPSA) is 26.3 Å². The molecule has 11 heavy (non-hydrogen) atoms. The van der Waals surface area contributed by atoms with Crippen LogP contribution in [0.5, 0.6) is 0 Å². The zero-order valence-corrected chi connectivity index (χ0v) is 6.88. The van der Waals surface area contributed by atoms with Crippen LogP contribution in [0.3, 0.4) is 0 Å². The smallest absolute Gasteiger partial charge is 0.160 e. The summed E-state index contributed by atoms with van der Waals surface area (Å²) in [5, 5.41) is 0. The summed E-state index contributed by atoms with van der Waals surface area (Å²) in [6, 6.07) is 0. The molecule has 1 saturated heterocycles. The quantitative estimate of drug-likeness (QED) is 0.564. The molecule has 1 fully saturated rings. The molecule has 1 rings (SSSR count). The first-order valence-electron chi connectivity index (χ1n) is 4.09. The summed E-state index contributed by atoms with van der Waals surface area (Å²) in [4.78, 5) is 11.2.